The van der Waals surface area contributed by atoms with Crippen LogP contribution < -0.4 is 4.74 Å². The summed E-state index contributed by atoms with van der Waals surface area (Å²) in [7, 11) is 0. The van der Waals surface area contributed by atoms with Gasteiger partial charge in [0.2, 0.25) is 0 Å². The SMILES string of the molecule is CC(C)(C)c1ccc(Oc2cc(C#N)cc(C(F)(F)F)c2)c(F)c1. The molecule has 2 aromatic carbocycles. The van der Waals surface area contributed by atoms with E-state index in [9.17, 15) is 17.6 Å². The zero-order valence-corrected chi connectivity index (χ0v) is 13.3. The molecule has 24 heavy (non-hydrogen) atoms. The third-order valence-electron chi connectivity index (χ3n) is 3.39. The van der Waals surface area contributed by atoms with Gasteiger partial charge in [-0.15, -0.1) is 0 Å². The van der Waals surface area contributed by atoms with E-state index in [1.165, 1.54) is 12.1 Å². The second kappa shape index (κ2) is 6.16. The molecular formula is C18H15F4NO. The molecule has 0 saturated carbocycles. The standard InChI is InChI=1S/C18H15F4NO/c1-17(2,3)12-4-5-16(15(19)9-12)24-14-7-11(10-23)6-13(8-14)18(20,21)22/h4-9H,1-3H3. The van der Waals surface area contributed by atoms with Gasteiger partial charge in [0.15, 0.2) is 11.6 Å². The van der Waals surface area contributed by atoms with Crippen LogP contribution in [0, 0.1) is 17.1 Å². The first-order chi connectivity index (χ1) is 11.0. The van der Waals surface area contributed by atoms with E-state index in [0.29, 0.717) is 6.07 Å². The molecule has 0 heterocycles. The zero-order chi connectivity index (χ0) is 18.1. The van der Waals surface area contributed by atoms with Crippen molar-refractivity contribution in [3.05, 3.63) is 58.9 Å². The Balaban J connectivity index is 2.40. The Morgan fingerprint density at radius 1 is 0.958 bits per heavy atom. The van der Waals surface area contributed by atoms with Gasteiger partial charge in [-0.05, 0) is 41.3 Å². The quantitative estimate of drug-likeness (QED) is 0.648. The van der Waals surface area contributed by atoms with E-state index in [1.54, 1.807) is 12.1 Å². The Hall–Kier alpha value is -2.55. The molecule has 0 spiro atoms. The number of benzene rings is 2. The van der Waals surface area contributed by atoms with Gasteiger partial charge >= 0.3 is 6.18 Å². The van der Waals surface area contributed by atoms with Gasteiger partial charge in [-0.25, -0.2) is 4.39 Å². The first kappa shape index (κ1) is 17.8. The largest absolute Gasteiger partial charge is 0.454 e. The van der Waals surface area contributed by atoms with Crippen molar-refractivity contribution in [3.8, 4) is 17.6 Å². The third-order valence-corrected chi connectivity index (χ3v) is 3.39. The van der Waals surface area contributed by atoms with E-state index in [4.69, 9.17) is 10.00 Å². The lowest BCUT2D eigenvalue weighted by Crippen LogP contribution is -2.11. The summed E-state index contributed by atoms with van der Waals surface area (Å²) in [5.74, 6) is -1.13. The van der Waals surface area contributed by atoms with Gasteiger partial charge in [0, 0.05) is 0 Å². The molecular weight excluding hydrogens is 322 g/mol. The summed E-state index contributed by atoms with van der Waals surface area (Å²) < 4.78 is 57.9. The van der Waals surface area contributed by atoms with Crippen molar-refractivity contribution < 1.29 is 22.3 Å². The van der Waals surface area contributed by atoms with E-state index in [0.717, 1.165) is 17.7 Å². The van der Waals surface area contributed by atoms with Crippen molar-refractivity contribution in [1.29, 1.82) is 5.26 Å². The topological polar surface area (TPSA) is 33.0 Å². The Morgan fingerprint density at radius 3 is 2.12 bits per heavy atom. The fraction of sp³-hybridized carbons (Fsp3) is 0.278. The molecule has 0 unspecified atom stereocenters. The number of hydrogen-bond acceptors (Lipinski definition) is 2. The van der Waals surface area contributed by atoms with Gasteiger partial charge in [-0.1, -0.05) is 26.8 Å². The van der Waals surface area contributed by atoms with Crippen LogP contribution in [0.4, 0.5) is 17.6 Å². The number of rotatable bonds is 2. The molecule has 126 valence electrons. The number of nitrogens with zero attached hydrogens (tertiary/aromatic N) is 1. The van der Waals surface area contributed by atoms with Crippen molar-refractivity contribution in [2.75, 3.05) is 0 Å². The second-order valence-corrected chi connectivity index (χ2v) is 6.35. The van der Waals surface area contributed by atoms with Crippen LogP contribution in [0.1, 0.15) is 37.5 Å². The van der Waals surface area contributed by atoms with Crippen molar-refractivity contribution in [1.82, 2.24) is 0 Å². The van der Waals surface area contributed by atoms with Crippen LogP contribution in [0.15, 0.2) is 36.4 Å². The first-order valence-electron chi connectivity index (χ1n) is 7.11. The molecule has 0 atom stereocenters. The van der Waals surface area contributed by atoms with Crippen LogP contribution >= 0.6 is 0 Å². The fourth-order valence-electron chi connectivity index (χ4n) is 2.06. The van der Waals surface area contributed by atoms with Gasteiger partial charge in [-0.3, -0.25) is 0 Å². The Kier molecular flexibility index (Phi) is 4.57. The Labute approximate surface area is 137 Å². The molecule has 0 aliphatic carbocycles. The van der Waals surface area contributed by atoms with Crippen molar-refractivity contribution in [2.45, 2.75) is 32.4 Å². The van der Waals surface area contributed by atoms with Crippen LogP contribution in [-0.4, -0.2) is 0 Å². The summed E-state index contributed by atoms with van der Waals surface area (Å²) in [6.45, 7) is 5.73. The number of nitriles is 1. The van der Waals surface area contributed by atoms with Gasteiger partial charge in [0.25, 0.3) is 0 Å². The lowest BCUT2D eigenvalue weighted by Gasteiger charge is -2.19. The Morgan fingerprint density at radius 2 is 1.62 bits per heavy atom. The maximum atomic E-state index is 14.2. The monoisotopic (exact) mass is 337 g/mol. The molecule has 0 aromatic heterocycles. The average Bonchev–Trinajstić information content (AvgIpc) is 2.47. The average molecular weight is 337 g/mol. The van der Waals surface area contributed by atoms with E-state index in [2.05, 4.69) is 0 Å². The molecule has 2 nitrogen and oxygen atoms in total. The normalized spacial score (nSPS) is 11.9. The van der Waals surface area contributed by atoms with Crippen LogP contribution in [0.5, 0.6) is 11.5 Å². The molecule has 2 rings (SSSR count). The van der Waals surface area contributed by atoms with Gasteiger partial charge in [0.1, 0.15) is 5.75 Å². The summed E-state index contributed by atoms with van der Waals surface area (Å²) >= 11 is 0. The minimum Gasteiger partial charge on any atom is -0.454 e. The molecule has 0 fully saturated rings. The van der Waals surface area contributed by atoms with Gasteiger partial charge in [0.05, 0.1) is 17.2 Å². The highest BCUT2D eigenvalue weighted by Gasteiger charge is 2.31. The second-order valence-electron chi connectivity index (χ2n) is 6.35. The summed E-state index contributed by atoms with van der Waals surface area (Å²) in [6.07, 6.45) is -4.63. The molecule has 0 aliphatic heterocycles. The Bertz CT molecular complexity index is 798. The van der Waals surface area contributed by atoms with Crippen molar-refractivity contribution >= 4 is 0 Å². The molecule has 0 amide bonds. The van der Waals surface area contributed by atoms with Gasteiger partial charge in [-0.2, -0.15) is 18.4 Å². The van der Waals surface area contributed by atoms with Gasteiger partial charge < -0.3 is 4.74 Å². The predicted molar refractivity (Wildman–Crippen MR) is 81.3 cm³/mol. The molecule has 0 aliphatic rings. The molecule has 0 bridgehead atoms. The maximum Gasteiger partial charge on any atom is 0.416 e. The lowest BCUT2D eigenvalue weighted by atomic mass is 9.87. The smallest absolute Gasteiger partial charge is 0.416 e. The zero-order valence-electron chi connectivity index (χ0n) is 13.3. The van der Waals surface area contributed by atoms with Crippen LogP contribution in [-0.2, 0) is 11.6 Å². The molecule has 2 aromatic rings. The van der Waals surface area contributed by atoms with Crippen LogP contribution in [0.3, 0.4) is 0 Å². The highest BCUT2D eigenvalue weighted by Crippen LogP contribution is 2.35. The van der Waals surface area contributed by atoms with E-state index in [-0.39, 0.29) is 22.5 Å². The summed E-state index contributed by atoms with van der Waals surface area (Å²) in [5.41, 5.74) is -0.785. The third kappa shape index (κ3) is 4.05. The summed E-state index contributed by atoms with van der Waals surface area (Å²) in [5, 5.41) is 8.85. The van der Waals surface area contributed by atoms with E-state index < -0.39 is 17.6 Å². The van der Waals surface area contributed by atoms with Crippen LogP contribution in [0.2, 0.25) is 0 Å². The minimum atomic E-state index is -4.63. The van der Waals surface area contributed by atoms with Crippen molar-refractivity contribution in [3.63, 3.8) is 0 Å². The van der Waals surface area contributed by atoms with E-state index >= 15 is 0 Å². The molecule has 6 heteroatoms. The predicted octanol–water partition coefficient (Wildman–Crippen LogP) is 5.81. The molecule has 0 radical (unpaired) electrons. The number of alkyl halides is 3. The summed E-state index contributed by atoms with van der Waals surface area (Å²) in [6, 6.07) is 8.51. The fourth-order valence-corrected chi connectivity index (χ4v) is 2.06. The number of hydrogen-bond donors (Lipinski definition) is 0. The van der Waals surface area contributed by atoms with E-state index in [1.807, 2.05) is 20.8 Å². The minimum absolute atomic E-state index is 0.203. The summed E-state index contributed by atoms with van der Waals surface area (Å²) in [4.78, 5) is 0. The van der Waals surface area contributed by atoms with Crippen molar-refractivity contribution in [2.24, 2.45) is 0 Å². The highest BCUT2D eigenvalue weighted by molar-refractivity contribution is 5.44. The number of ether oxygens (including phenoxy) is 1. The molecule has 0 N–H and O–H groups in total. The maximum absolute atomic E-state index is 14.2. The number of halogens is 4. The lowest BCUT2D eigenvalue weighted by molar-refractivity contribution is -0.137. The highest BCUT2D eigenvalue weighted by atomic mass is 19.4. The molecule has 0 saturated heterocycles. The first-order valence-corrected chi connectivity index (χ1v) is 7.11. The van der Waals surface area contributed by atoms with Crippen LogP contribution in [0.25, 0.3) is 0 Å².